The van der Waals surface area contributed by atoms with Gasteiger partial charge in [0.1, 0.15) is 5.75 Å². The van der Waals surface area contributed by atoms with Crippen molar-refractivity contribution in [1.29, 1.82) is 0 Å². The Morgan fingerprint density at radius 1 is 1.07 bits per heavy atom. The molecule has 0 radical (unpaired) electrons. The molecule has 2 aromatic carbocycles. The standard InChI is InChI=1S/C21H24ClN3O4/c22-16-3-1-5-18(12-16)25-9-7-24(8-10-25)14-15(21(28)29)11-20(27)23-17-4-2-6-19(26)13-17/h1-6,12-13,15,26H,7-11,14H2,(H,23,27)(H,28,29). The van der Waals surface area contributed by atoms with E-state index in [1.807, 2.05) is 24.3 Å². The van der Waals surface area contributed by atoms with Crippen molar-refractivity contribution in [2.24, 2.45) is 5.92 Å². The fourth-order valence-electron chi connectivity index (χ4n) is 3.42. The number of anilines is 2. The molecule has 1 aliphatic rings. The van der Waals surface area contributed by atoms with E-state index in [2.05, 4.69) is 15.1 Å². The second-order valence-corrected chi connectivity index (χ2v) is 7.54. The largest absolute Gasteiger partial charge is 0.508 e. The summed E-state index contributed by atoms with van der Waals surface area (Å²) in [5, 5.41) is 22.3. The number of amides is 1. The van der Waals surface area contributed by atoms with Crippen molar-refractivity contribution in [2.45, 2.75) is 6.42 Å². The van der Waals surface area contributed by atoms with Crippen LogP contribution < -0.4 is 10.2 Å². The number of nitrogens with zero attached hydrogens (tertiary/aromatic N) is 2. The summed E-state index contributed by atoms with van der Waals surface area (Å²) in [4.78, 5) is 28.2. The zero-order valence-corrected chi connectivity index (χ0v) is 16.7. The minimum atomic E-state index is -0.992. The van der Waals surface area contributed by atoms with Crippen LogP contribution in [0.1, 0.15) is 6.42 Å². The van der Waals surface area contributed by atoms with E-state index < -0.39 is 11.9 Å². The molecule has 3 rings (SSSR count). The fourth-order valence-corrected chi connectivity index (χ4v) is 3.61. The lowest BCUT2D eigenvalue weighted by Gasteiger charge is -2.37. The molecule has 154 valence electrons. The van der Waals surface area contributed by atoms with Crippen molar-refractivity contribution < 1.29 is 19.8 Å². The number of aliphatic carboxylic acids is 1. The normalized spacial score (nSPS) is 15.7. The summed E-state index contributed by atoms with van der Waals surface area (Å²) >= 11 is 6.06. The topological polar surface area (TPSA) is 93.1 Å². The Bertz CT molecular complexity index is 869. The van der Waals surface area contributed by atoms with Crippen LogP contribution in [0.4, 0.5) is 11.4 Å². The van der Waals surface area contributed by atoms with E-state index in [-0.39, 0.29) is 18.1 Å². The molecule has 0 saturated carbocycles. The van der Waals surface area contributed by atoms with Crippen molar-refractivity contribution in [3.8, 4) is 5.75 Å². The summed E-state index contributed by atoms with van der Waals surface area (Å²) in [7, 11) is 0. The van der Waals surface area contributed by atoms with E-state index in [1.165, 1.54) is 12.1 Å². The predicted octanol–water partition coefficient (Wildman–Crippen LogP) is 2.90. The number of aromatic hydroxyl groups is 1. The summed E-state index contributed by atoms with van der Waals surface area (Å²) in [5.74, 6) is -2.14. The lowest BCUT2D eigenvalue weighted by Crippen LogP contribution is -2.48. The van der Waals surface area contributed by atoms with Crippen LogP contribution in [0.5, 0.6) is 5.75 Å². The smallest absolute Gasteiger partial charge is 0.308 e. The predicted molar refractivity (Wildman–Crippen MR) is 113 cm³/mol. The Morgan fingerprint density at radius 2 is 1.79 bits per heavy atom. The first-order valence-corrected chi connectivity index (χ1v) is 9.83. The van der Waals surface area contributed by atoms with Crippen molar-refractivity contribution in [2.75, 3.05) is 42.9 Å². The van der Waals surface area contributed by atoms with Gasteiger partial charge in [-0.05, 0) is 30.3 Å². The van der Waals surface area contributed by atoms with Crippen LogP contribution in [-0.2, 0) is 9.59 Å². The van der Waals surface area contributed by atoms with Gasteiger partial charge in [0.2, 0.25) is 5.91 Å². The summed E-state index contributed by atoms with van der Waals surface area (Å²) in [5.41, 5.74) is 1.49. The van der Waals surface area contributed by atoms with E-state index in [0.29, 0.717) is 30.3 Å². The molecule has 1 heterocycles. The van der Waals surface area contributed by atoms with Crippen LogP contribution in [0.3, 0.4) is 0 Å². The molecule has 1 fully saturated rings. The number of benzene rings is 2. The molecule has 1 saturated heterocycles. The van der Waals surface area contributed by atoms with Gasteiger partial charge in [-0.3, -0.25) is 14.5 Å². The zero-order valence-electron chi connectivity index (χ0n) is 15.9. The maximum Gasteiger partial charge on any atom is 0.308 e. The monoisotopic (exact) mass is 417 g/mol. The number of carboxylic acids is 1. The Kier molecular flexibility index (Phi) is 6.95. The first-order chi connectivity index (χ1) is 13.9. The molecular weight excluding hydrogens is 394 g/mol. The van der Waals surface area contributed by atoms with E-state index in [0.717, 1.165) is 18.8 Å². The summed E-state index contributed by atoms with van der Waals surface area (Å²) < 4.78 is 0. The molecule has 3 N–H and O–H groups in total. The number of phenolic OH excluding ortho intramolecular Hbond substituents is 1. The number of nitrogens with one attached hydrogen (secondary N) is 1. The number of carbonyl (C=O) groups excluding carboxylic acids is 1. The number of rotatable bonds is 7. The minimum absolute atomic E-state index is 0.0372. The first kappa shape index (κ1) is 21.0. The number of carboxylic acid groups (broad SMARTS) is 1. The van der Waals surface area contributed by atoms with Gasteiger partial charge in [-0.15, -0.1) is 0 Å². The van der Waals surface area contributed by atoms with E-state index in [1.54, 1.807) is 12.1 Å². The van der Waals surface area contributed by atoms with Gasteiger partial charge in [-0.25, -0.2) is 0 Å². The molecule has 0 bridgehead atoms. The maximum atomic E-state index is 12.3. The van der Waals surface area contributed by atoms with Gasteiger partial charge in [0.15, 0.2) is 0 Å². The Balaban J connectivity index is 1.52. The van der Waals surface area contributed by atoms with Gasteiger partial charge in [-0.2, -0.15) is 0 Å². The van der Waals surface area contributed by atoms with Crippen LogP contribution in [0.25, 0.3) is 0 Å². The van der Waals surface area contributed by atoms with Gasteiger partial charge in [0, 0.05) is 61.6 Å². The Labute approximate surface area is 174 Å². The second kappa shape index (κ2) is 9.62. The van der Waals surface area contributed by atoms with E-state index in [4.69, 9.17) is 11.6 Å². The molecule has 2 aromatic rings. The number of hydrogen-bond donors (Lipinski definition) is 3. The molecule has 8 heteroatoms. The van der Waals surface area contributed by atoms with Gasteiger partial charge >= 0.3 is 5.97 Å². The van der Waals surface area contributed by atoms with Crippen molar-refractivity contribution in [3.63, 3.8) is 0 Å². The molecule has 0 spiro atoms. The fraction of sp³-hybridized carbons (Fsp3) is 0.333. The Morgan fingerprint density at radius 3 is 2.45 bits per heavy atom. The quantitative estimate of drug-likeness (QED) is 0.641. The molecule has 1 aliphatic heterocycles. The summed E-state index contributed by atoms with van der Waals surface area (Å²) in [6, 6.07) is 13.8. The zero-order chi connectivity index (χ0) is 20.8. The van der Waals surface area contributed by atoms with Crippen molar-refractivity contribution in [1.82, 2.24) is 4.90 Å². The summed E-state index contributed by atoms with van der Waals surface area (Å²) in [6.07, 6.45) is -0.125. The number of halogens is 1. The van der Waals surface area contributed by atoms with Crippen LogP contribution in [-0.4, -0.2) is 59.7 Å². The number of carbonyl (C=O) groups is 2. The molecule has 0 aromatic heterocycles. The molecular formula is C21H24ClN3O4. The highest BCUT2D eigenvalue weighted by molar-refractivity contribution is 6.30. The molecule has 1 atom stereocenters. The first-order valence-electron chi connectivity index (χ1n) is 9.45. The van der Waals surface area contributed by atoms with Gasteiger partial charge in [0.05, 0.1) is 5.92 Å². The number of piperazine rings is 1. The van der Waals surface area contributed by atoms with Crippen molar-refractivity contribution in [3.05, 3.63) is 53.6 Å². The number of hydrogen-bond acceptors (Lipinski definition) is 5. The van der Waals surface area contributed by atoms with Gasteiger partial charge in [-0.1, -0.05) is 23.7 Å². The molecule has 1 unspecified atom stereocenters. The highest BCUT2D eigenvalue weighted by Crippen LogP contribution is 2.21. The van der Waals surface area contributed by atoms with E-state index >= 15 is 0 Å². The van der Waals surface area contributed by atoms with Crippen LogP contribution in [0.15, 0.2) is 48.5 Å². The van der Waals surface area contributed by atoms with Crippen LogP contribution >= 0.6 is 11.6 Å². The molecule has 1 amide bonds. The maximum absolute atomic E-state index is 12.3. The van der Waals surface area contributed by atoms with E-state index in [9.17, 15) is 19.8 Å². The van der Waals surface area contributed by atoms with Gasteiger partial charge in [0.25, 0.3) is 0 Å². The SMILES string of the molecule is O=C(CC(CN1CCN(c2cccc(Cl)c2)CC1)C(=O)O)Nc1cccc(O)c1. The third-order valence-corrected chi connectivity index (χ3v) is 5.17. The average molecular weight is 418 g/mol. The van der Waals surface area contributed by atoms with Gasteiger partial charge < -0.3 is 20.4 Å². The highest BCUT2D eigenvalue weighted by atomic mass is 35.5. The molecule has 0 aliphatic carbocycles. The molecule has 7 nitrogen and oxygen atoms in total. The van der Waals surface area contributed by atoms with Crippen LogP contribution in [0.2, 0.25) is 5.02 Å². The lowest BCUT2D eigenvalue weighted by atomic mass is 10.0. The highest BCUT2D eigenvalue weighted by Gasteiger charge is 2.26. The van der Waals surface area contributed by atoms with Crippen LogP contribution in [0, 0.1) is 5.92 Å². The molecule has 29 heavy (non-hydrogen) atoms. The second-order valence-electron chi connectivity index (χ2n) is 7.11. The lowest BCUT2D eigenvalue weighted by molar-refractivity contribution is -0.144. The third kappa shape index (κ3) is 6.10. The minimum Gasteiger partial charge on any atom is -0.508 e. The average Bonchev–Trinajstić information content (AvgIpc) is 2.68. The van der Waals surface area contributed by atoms with Crippen molar-refractivity contribution >= 4 is 34.9 Å². The third-order valence-electron chi connectivity index (χ3n) is 4.94. The number of phenols is 1. The summed E-state index contributed by atoms with van der Waals surface area (Å²) in [6.45, 7) is 3.27. The Hall–Kier alpha value is -2.77.